The van der Waals surface area contributed by atoms with Gasteiger partial charge in [0.05, 0.1) is 16.4 Å². The number of urea groups is 1. The average molecular weight is 565 g/mol. The number of hydrogen-bond donors (Lipinski definition) is 3. The first-order valence-corrected chi connectivity index (χ1v) is 11.3. The SMILES string of the molecule is O=C(NCCNc1cc(-c2ccccc2Cl)nc2c(Br)cnn12)Nc1cccc(Br)c1. The Bertz CT molecular complexity index is 1250. The number of fused-ring (bicyclic) bond motifs is 1. The molecule has 10 heteroatoms. The van der Waals surface area contributed by atoms with Crippen LogP contribution in [-0.2, 0) is 0 Å². The number of amides is 2. The molecule has 0 unspecified atom stereocenters. The zero-order valence-electron chi connectivity index (χ0n) is 16.1. The van der Waals surface area contributed by atoms with E-state index in [-0.39, 0.29) is 6.03 Å². The van der Waals surface area contributed by atoms with Crippen LogP contribution in [-0.4, -0.2) is 33.7 Å². The van der Waals surface area contributed by atoms with Crippen molar-refractivity contribution in [2.24, 2.45) is 0 Å². The summed E-state index contributed by atoms with van der Waals surface area (Å²) in [7, 11) is 0. The second kappa shape index (κ2) is 9.67. The summed E-state index contributed by atoms with van der Waals surface area (Å²) in [6, 6.07) is 16.6. The molecule has 2 heterocycles. The van der Waals surface area contributed by atoms with Crippen LogP contribution in [0.25, 0.3) is 16.9 Å². The zero-order chi connectivity index (χ0) is 21.8. The minimum Gasteiger partial charge on any atom is -0.368 e. The van der Waals surface area contributed by atoms with Gasteiger partial charge in [-0.2, -0.15) is 9.61 Å². The van der Waals surface area contributed by atoms with Crippen LogP contribution < -0.4 is 16.0 Å². The first-order chi connectivity index (χ1) is 15.0. The summed E-state index contributed by atoms with van der Waals surface area (Å²) in [6.07, 6.45) is 1.69. The second-order valence-corrected chi connectivity index (χ2v) is 8.73. The molecule has 158 valence electrons. The molecule has 0 aliphatic rings. The fraction of sp³-hybridized carbons (Fsp3) is 0.0952. The first kappa shape index (κ1) is 21.6. The van der Waals surface area contributed by atoms with Gasteiger partial charge in [0.2, 0.25) is 0 Å². The van der Waals surface area contributed by atoms with Gasteiger partial charge in [0.25, 0.3) is 0 Å². The van der Waals surface area contributed by atoms with E-state index >= 15 is 0 Å². The van der Waals surface area contributed by atoms with Gasteiger partial charge in [0.1, 0.15) is 5.82 Å². The molecule has 2 aromatic heterocycles. The molecular formula is C21H17Br2ClN6O. The Morgan fingerprint density at radius 3 is 2.71 bits per heavy atom. The molecule has 0 bridgehead atoms. The molecule has 31 heavy (non-hydrogen) atoms. The van der Waals surface area contributed by atoms with Crippen LogP contribution in [0.3, 0.4) is 0 Å². The largest absolute Gasteiger partial charge is 0.368 e. The molecule has 4 aromatic rings. The lowest BCUT2D eigenvalue weighted by Crippen LogP contribution is -2.32. The van der Waals surface area contributed by atoms with Gasteiger partial charge in [-0.3, -0.25) is 0 Å². The summed E-state index contributed by atoms with van der Waals surface area (Å²) in [5.74, 6) is 0.736. The first-order valence-electron chi connectivity index (χ1n) is 9.35. The van der Waals surface area contributed by atoms with E-state index in [2.05, 4.69) is 57.9 Å². The van der Waals surface area contributed by atoms with Crippen LogP contribution >= 0.6 is 43.5 Å². The van der Waals surface area contributed by atoms with E-state index in [1.165, 1.54) is 0 Å². The van der Waals surface area contributed by atoms with Crippen LogP contribution in [0.4, 0.5) is 16.3 Å². The highest BCUT2D eigenvalue weighted by Crippen LogP contribution is 2.30. The van der Waals surface area contributed by atoms with Crippen LogP contribution in [0.1, 0.15) is 0 Å². The monoisotopic (exact) mass is 562 g/mol. The zero-order valence-corrected chi connectivity index (χ0v) is 20.0. The number of benzene rings is 2. The van der Waals surface area contributed by atoms with Crippen LogP contribution in [0.2, 0.25) is 5.02 Å². The van der Waals surface area contributed by atoms with E-state index in [4.69, 9.17) is 11.6 Å². The van der Waals surface area contributed by atoms with Crippen molar-refractivity contribution in [1.82, 2.24) is 19.9 Å². The highest BCUT2D eigenvalue weighted by atomic mass is 79.9. The summed E-state index contributed by atoms with van der Waals surface area (Å²) in [4.78, 5) is 16.8. The van der Waals surface area contributed by atoms with Crippen molar-refractivity contribution in [3.8, 4) is 11.3 Å². The Morgan fingerprint density at radius 2 is 1.90 bits per heavy atom. The maximum atomic E-state index is 12.1. The average Bonchev–Trinajstić information content (AvgIpc) is 3.12. The predicted octanol–water partition coefficient (Wildman–Crippen LogP) is 5.81. The van der Waals surface area contributed by atoms with Crippen molar-refractivity contribution in [3.63, 3.8) is 0 Å². The van der Waals surface area contributed by atoms with Crippen LogP contribution in [0, 0.1) is 0 Å². The molecule has 0 atom stereocenters. The summed E-state index contributed by atoms with van der Waals surface area (Å²) >= 11 is 13.2. The molecular weight excluding hydrogens is 548 g/mol. The van der Waals surface area contributed by atoms with Crippen molar-refractivity contribution < 1.29 is 4.79 Å². The summed E-state index contributed by atoms with van der Waals surface area (Å²) < 4.78 is 3.37. The molecule has 0 saturated heterocycles. The number of carbonyl (C=O) groups is 1. The third-order valence-corrected chi connectivity index (χ3v) is 5.76. The number of anilines is 2. The highest BCUT2D eigenvalue weighted by Gasteiger charge is 2.13. The van der Waals surface area contributed by atoms with Crippen molar-refractivity contribution in [2.45, 2.75) is 0 Å². The Labute approximate surface area is 200 Å². The quantitative estimate of drug-likeness (QED) is 0.258. The van der Waals surface area contributed by atoms with E-state index in [0.717, 1.165) is 26.0 Å². The van der Waals surface area contributed by atoms with Gasteiger partial charge in [-0.1, -0.05) is 51.8 Å². The van der Waals surface area contributed by atoms with Gasteiger partial charge in [-0.15, -0.1) is 0 Å². The highest BCUT2D eigenvalue weighted by molar-refractivity contribution is 9.11. The standard InChI is InChI=1S/C21H17Br2ClN6O/c22-13-4-3-5-14(10-13)28-21(31)26-9-8-25-19-11-18(15-6-1-2-7-17(15)24)29-20-16(23)12-27-30(19)20/h1-7,10-12,25H,8-9H2,(H2,26,28,31). The third-order valence-electron chi connectivity index (χ3n) is 4.38. The predicted molar refractivity (Wildman–Crippen MR) is 131 cm³/mol. The normalized spacial score (nSPS) is 10.8. The van der Waals surface area contributed by atoms with Gasteiger partial charge in [0.15, 0.2) is 5.65 Å². The molecule has 7 nitrogen and oxygen atoms in total. The van der Waals surface area contributed by atoms with Gasteiger partial charge < -0.3 is 16.0 Å². The van der Waals surface area contributed by atoms with Gasteiger partial charge in [-0.05, 0) is 40.2 Å². The Balaban J connectivity index is 1.44. The van der Waals surface area contributed by atoms with E-state index in [1.54, 1.807) is 10.7 Å². The molecule has 4 rings (SSSR count). The molecule has 0 fully saturated rings. The van der Waals surface area contributed by atoms with Crippen molar-refractivity contribution in [3.05, 3.63) is 74.8 Å². The molecule has 2 amide bonds. The third kappa shape index (κ3) is 5.17. The molecule has 0 aliphatic heterocycles. The smallest absolute Gasteiger partial charge is 0.319 e. The molecule has 0 saturated carbocycles. The number of nitrogens with zero attached hydrogens (tertiary/aromatic N) is 3. The van der Waals surface area contributed by atoms with E-state index in [0.29, 0.717) is 29.4 Å². The lowest BCUT2D eigenvalue weighted by Gasteiger charge is -2.12. The Hall–Kier alpha value is -2.62. The van der Waals surface area contributed by atoms with Crippen molar-refractivity contribution in [1.29, 1.82) is 0 Å². The summed E-state index contributed by atoms with van der Waals surface area (Å²) in [5.41, 5.74) is 2.93. The molecule has 0 aliphatic carbocycles. The number of rotatable bonds is 6. The minimum absolute atomic E-state index is 0.279. The number of nitrogens with one attached hydrogen (secondary N) is 3. The van der Waals surface area contributed by atoms with E-state index in [9.17, 15) is 4.79 Å². The Kier molecular flexibility index (Phi) is 6.74. The van der Waals surface area contributed by atoms with Gasteiger partial charge >= 0.3 is 6.03 Å². The summed E-state index contributed by atoms with van der Waals surface area (Å²) in [6.45, 7) is 0.901. The molecule has 0 radical (unpaired) electrons. The maximum Gasteiger partial charge on any atom is 0.319 e. The van der Waals surface area contributed by atoms with Crippen molar-refractivity contribution >= 4 is 66.6 Å². The molecule has 2 aromatic carbocycles. The fourth-order valence-electron chi connectivity index (χ4n) is 2.98. The Morgan fingerprint density at radius 1 is 1.06 bits per heavy atom. The number of halogens is 3. The van der Waals surface area contributed by atoms with Gasteiger partial charge in [0, 0.05) is 39.9 Å². The molecule has 0 spiro atoms. The maximum absolute atomic E-state index is 12.1. The molecule has 3 N–H and O–H groups in total. The fourth-order valence-corrected chi connectivity index (χ4v) is 3.96. The topological polar surface area (TPSA) is 83.3 Å². The lowest BCUT2D eigenvalue weighted by atomic mass is 10.1. The van der Waals surface area contributed by atoms with Crippen LogP contribution in [0.15, 0.2) is 69.7 Å². The summed E-state index contributed by atoms with van der Waals surface area (Å²) in [5, 5.41) is 13.9. The van der Waals surface area contributed by atoms with Gasteiger partial charge in [-0.25, -0.2) is 9.78 Å². The number of carbonyl (C=O) groups excluding carboxylic acids is 1. The second-order valence-electron chi connectivity index (χ2n) is 6.55. The number of hydrogen-bond acceptors (Lipinski definition) is 4. The number of aromatic nitrogens is 3. The van der Waals surface area contributed by atoms with Crippen LogP contribution in [0.5, 0.6) is 0 Å². The van der Waals surface area contributed by atoms with Crippen molar-refractivity contribution in [2.75, 3.05) is 23.7 Å². The van der Waals surface area contributed by atoms with E-state index in [1.807, 2.05) is 54.6 Å². The minimum atomic E-state index is -0.279. The lowest BCUT2D eigenvalue weighted by molar-refractivity contribution is 0.252. The van der Waals surface area contributed by atoms with E-state index < -0.39 is 0 Å².